The third-order valence-corrected chi connectivity index (χ3v) is 4.79. The molecular weight excluding hydrogens is 322 g/mol. The van der Waals surface area contributed by atoms with Crippen LogP contribution in [0.15, 0.2) is 23.1 Å². The summed E-state index contributed by atoms with van der Waals surface area (Å²) in [7, 11) is 0. The average molecular weight is 342 g/mol. The van der Waals surface area contributed by atoms with Crippen molar-refractivity contribution in [2.24, 2.45) is 11.7 Å². The summed E-state index contributed by atoms with van der Waals surface area (Å²) in [6, 6.07) is 5.00. The van der Waals surface area contributed by atoms with Gasteiger partial charge in [0.05, 0.1) is 11.6 Å². The maximum Gasteiger partial charge on any atom is 0.314 e. The second-order valence-electron chi connectivity index (χ2n) is 5.19. The molecule has 1 aliphatic heterocycles. The van der Waals surface area contributed by atoms with Crippen LogP contribution in [0.25, 0.3) is 0 Å². The van der Waals surface area contributed by atoms with Crippen molar-refractivity contribution < 1.29 is 9.59 Å². The molecule has 1 saturated heterocycles. The predicted molar refractivity (Wildman–Crippen MR) is 90.4 cm³/mol. The largest absolute Gasteiger partial charge is 0.351 e. The molecule has 3 N–H and O–H groups in total. The minimum absolute atomic E-state index is 0.0915. The number of anilines is 1. The van der Waals surface area contributed by atoms with Crippen molar-refractivity contribution in [1.29, 1.82) is 0 Å². The first-order valence-electron chi connectivity index (χ1n) is 7.29. The van der Waals surface area contributed by atoms with Crippen molar-refractivity contribution in [2.45, 2.75) is 24.7 Å². The van der Waals surface area contributed by atoms with Crippen LogP contribution in [0.1, 0.15) is 19.8 Å². The van der Waals surface area contributed by atoms with Gasteiger partial charge in [-0.3, -0.25) is 4.79 Å². The van der Waals surface area contributed by atoms with Crippen LogP contribution in [0.5, 0.6) is 0 Å². The lowest BCUT2D eigenvalue weighted by Gasteiger charge is -2.30. The minimum Gasteiger partial charge on any atom is -0.351 e. The highest BCUT2D eigenvalue weighted by Crippen LogP contribution is 2.30. The van der Waals surface area contributed by atoms with E-state index in [2.05, 4.69) is 12.2 Å². The van der Waals surface area contributed by atoms with Gasteiger partial charge in [0.2, 0.25) is 5.91 Å². The topological polar surface area (TPSA) is 75.4 Å². The monoisotopic (exact) mass is 341 g/mol. The third kappa shape index (κ3) is 4.30. The molecule has 3 amide bonds. The summed E-state index contributed by atoms with van der Waals surface area (Å²) >= 11 is 7.67. The third-order valence-electron chi connectivity index (χ3n) is 3.60. The summed E-state index contributed by atoms with van der Waals surface area (Å²) in [5, 5.41) is 3.52. The predicted octanol–water partition coefficient (Wildman–Crippen LogP) is 3.18. The Bertz CT molecular complexity index is 568. The minimum atomic E-state index is -0.470. The number of nitrogens with zero attached hydrogens (tertiary/aromatic N) is 1. The van der Waals surface area contributed by atoms with E-state index in [4.69, 9.17) is 17.3 Å². The molecule has 2 rings (SSSR count). The van der Waals surface area contributed by atoms with Gasteiger partial charge in [0.15, 0.2) is 0 Å². The van der Waals surface area contributed by atoms with Crippen LogP contribution >= 0.6 is 23.4 Å². The van der Waals surface area contributed by atoms with Crippen molar-refractivity contribution in [3.63, 3.8) is 0 Å². The van der Waals surface area contributed by atoms with Crippen LogP contribution in [-0.4, -0.2) is 35.7 Å². The smallest absolute Gasteiger partial charge is 0.314 e. The van der Waals surface area contributed by atoms with Crippen molar-refractivity contribution in [3.05, 3.63) is 23.2 Å². The fourth-order valence-electron chi connectivity index (χ4n) is 2.51. The molecule has 1 atom stereocenters. The number of nitrogens with two attached hydrogens (primary N) is 1. The summed E-state index contributed by atoms with van der Waals surface area (Å²) < 4.78 is 0. The van der Waals surface area contributed by atoms with Gasteiger partial charge in [-0.2, -0.15) is 0 Å². The van der Waals surface area contributed by atoms with E-state index in [1.54, 1.807) is 17.8 Å². The summed E-state index contributed by atoms with van der Waals surface area (Å²) in [5.74, 6) is 0.578. The summed E-state index contributed by atoms with van der Waals surface area (Å²) in [5.41, 5.74) is 6.02. The van der Waals surface area contributed by atoms with E-state index < -0.39 is 6.03 Å². The Morgan fingerprint density at radius 2 is 2.27 bits per heavy atom. The number of amides is 3. The first-order chi connectivity index (χ1) is 10.5. The normalized spacial score (nSPS) is 18.1. The Labute approximate surface area is 139 Å². The van der Waals surface area contributed by atoms with Crippen LogP contribution < -0.4 is 11.1 Å². The van der Waals surface area contributed by atoms with Gasteiger partial charge in [0.1, 0.15) is 0 Å². The van der Waals surface area contributed by atoms with Crippen molar-refractivity contribution in [3.8, 4) is 0 Å². The molecule has 7 heteroatoms. The number of primary amides is 1. The Balaban J connectivity index is 2.08. The zero-order valence-electron chi connectivity index (χ0n) is 12.5. The second-order valence-corrected chi connectivity index (χ2v) is 6.93. The molecule has 0 saturated carbocycles. The Morgan fingerprint density at radius 3 is 2.95 bits per heavy atom. The van der Waals surface area contributed by atoms with Gasteiger partial charge >= 0.3 is 6.03 Å². The van der Waals surface area contributed by atoms with E-state index in [9.17, 15) is 9.59 Å². The van der Waals surface area contributed by atoms with E-state index in [1.807, 2.05) is 12.1 Å². The number of carbonyl (C=O) groups excluding carboxylic acids is 2. The maximum absolute atomic E-state index is 12.5. The van der Waals surface area contributed by atoms with Gasteiger partial charge in [-0.1, -0.05) is 18.5 Å². The lowest BCUT2D eigenvalue weighted by Crippen LogP contribution is -2.46. The number of urea groups is 1. The van der Waals surface area contributed by atoms with Gasteiger partial charge in [-0.25, -0.2) is 4.79 Å². The number of hydrogen-bond acceptors (Lipinski definition) is 3. The van der Waals surface area contributed by atoms with Gasteiger partial charge in [0, 0.05) is 23.0 Å². The molecule has 120 valence electrons. The molecule has 0 aliphatic carbocycles. The molecule has 1 aromatic rings. The molecule has 0 unspecified atom stereocenters. The Hall–Kier alpha value is -1.40. The van der Waals surface area contributed by atoms with E-state index in [0.29, 0.717) is 18.1 Å². The molecule has 0 bridgehead atoms. The van der Waals surface area contributed by atoms with Gasteiger partial charge in [0.25, 0.3) is 0 Å². The van der Waals surface area contributed by atoms with Crippen LogP contribution in [0.2, 0.25) is 5.02 Å². The molecule has 1 fully saturated rings. The molecule has 1 aromatic carbocycles. The summed E-state index contributed by atoms with van der Waals surface area (Å²) in [6.45, 7) is 3.04. The van der Waals surface area contributed by atoms with Crippen molar-refractivity contribution >= 4 is 41.0 Å². The molecule has 1 heterocycles. The van der Waals surface area contributed by atoms with E-state index in [1.165, 1.54) is 4.90 Å². The van der Waals surface area contributed by atoms with Crippen LogP contribution in [0.3, 0.4) is 0 Å². The fourth-order valence-corrected chi connectivity index (χ4v) is 3.42. The summed E-state index contributed by atoms with van der Waals surface area (Å²) in [6.07, 6.45) is 1.54. The number of likely N-dealkylation sites (tertiary alicyclic amines) is 1. The van der Waals surface area contributed by atoms with Gasteiger partial charge in [-0.05, 0) is 36.8 Å². The zero-order chi connectivity index (χ0) is 16.1. The molecule has 0 spiro atoms. The number of halogens is 1. The van der Waals surface area contributed by atoms with Crippen LogP contribution in [0, 0.1) is 5.92 Å². The quantitative estimate of drug-likeness (QED) is 0.826. The molecule has 22 heavy (non-hydrogen) atoms. The number of rotatable bonds is 4. The molecule has 0 aromatic heterocycles. The van der Waals surface area contributed by atoms with Crippen LogP contribution in [-0.2, 0) is 4.79 Å². The van der Waals surface area contributed by atoms with E-state index in [-0.39, 0.29) is 11.8 Å². The zero-order valence-corrected chi connectivity index (χ0v) is 14.0. The number of piperidine rings is 1. The SMILES string of the molecule is CCSc1ccc(Cl)cc1NC(=O)[C@H]1CCCN(C(N)=O)C1. The Morgan fingerprint density at radius 1 is 1.50 bits per heavy atom. The van der Waals surface area contributed by atoms with Crippen molar-refractivity contribution in [1.82, 2.24) is 4.90 Å². The number of thioether (sulfide) groups is 1. The molecular formula is C15H20ClN3O2S. The summed E-state index contributed by atoms with van der Waals surface area (Å²) in [4.78, 5) is 26.2. The molecule has 5 nitrogen and oxygen atoms in total. The average Bonchev–Trinajstić information content (AvgIpc) is 2.50. The van der Waals surface area contributed by atoms with Crippen molar-refractivity contribution in [2.75, 3.05) is 24.2 Å². The highest BCUT2D eigenvalue weighted by molar-refractivity contribution is 7.99. The van der Waals surface area contributed by atoms with E-state index in [0.717, 1.165) is 29.2 Å². The fraction of sp³-hybridized carbons (Fsp3) is 0.467. The molecule has 1 aliphatic rings. The number of hydrogen-bond donors (Lipinski definition) is 2. The highest BCUT2D eigenvalue weighted by Gasteiger charge is 2.27. The standard InChI is InChI=1S/C15H20ClN3O2S/c1-2-22-13-6-5-11(16)8-12(13)18-14(20)10-4-3-7-19(9-10)15(17)21/h5-6,8,10H,2-4,7,9H2,1H3,(H2,17,21)(H,18,20)/t10-/m0/s1. The lowest BCUT2D eigenvalue weighted by atomic mass is 9.97. The number of benzene rings is 1. The first kappa shape index (κ1) is 17.0. The number of nitrogens with one attached hydrogen (secondary N) is 1. The van der Waals surface area contributed by atoms with Gasteiger partial charge in [-0.15, -0.1) is 11.8 Å². The lowest BCUT2D eigenvalue weighted by molar-refractivity contribution is -0.121. The first-order valence-corrected chi connectivity index (χ1v) is 8.65. The number of carbonyl (C=O) groups is 2. The van der Waals surface area contributed by atoms with Crippen LogP contribution in [0.4, 0.5) is 10.5 Å². The Kier molecular flexibility index (Phi) is 5.97. The molecule has 0 radical (unpaired) electrons. The van der Waals surface area contributed by atoms with Gasteiger partial charge < -0.3 is 16.0 Å². The highest BCUT2D eigenvalue weighted by atomic mass is 35.5. The second kappa shape index (κ2) is 7.74. The van der Waals surface area contributed by atoms with E-state index >= 15 is 0 Å². The maximum atomic E-state index is 12.5.